The molecular formula is C45H43BrO12. The van der Waals surface area contributed by atoms with Crippen LogP contribution in [0.5, 0.6) is 23.0 Å². The van der Waals surface area contributed by atoms with Crippen molar-refractivity contribution in [3.63, 3.8) is 0 Å². The standard InChI is InChI=1S/C45H43BrO12/c1-20-16-32(56-43(52)36-24(5)27(8)40(37(46)38(36)48)58-44(53)45(54)21(2)17-30(47)19-33(45)55-10)28(9)31(18-29-14-12-11-13-15-29)34(20)42(51)57-39-25(6)22(3)35(41(49)50)23(4)26(39)7/h11-17,19,48,54H,18H2,1-10H3,(H,49,50)/t45-/m1/s1. The molecular weight excluding hydrogens is 812 g/mol. The zero-order valence-corrected chi connectivity index (χ0v) is 35.3. The second-order valence-corrected chi connectivity index (χ2v) is 15.1. The molecule has 3 N–H and O–H groups in total. The topological polar surface area (TPSA) is 183 Å². The molecule has 0 unspecified atom stereocenters. The van der Waals surface area contributed by atoms with Crippen molar-refractivity contribution >= 4 is 45.6 Å². The number of methoxy groups -OCH3 is 1. The molecule has 1 aliphatic carbocycles. The number of allylic oxidation sites excluding steroid dienone is 2. The van der Waals surface area contributed by atoms with Gasteiger partial charge < -0.3 is 34.3 Å². The van der Waals surface area contributed by atoms with Gasteiger partial charge in [-0.15, -0.1) is 0 Å². The Bertz CT molecular complexity index is 2450. The summed E-state index contributed by atoms with van der Waals surface area (Å²) in [5, 5.41) is 32.6. The summed E-state index contributed by atoms with van der Waals surface area (Å²) in [6.07, 6.45) is 2.29. The molecule has 0 aromatic heterocycles. The van der Waals surface area contributed by atoms with E-state index in [0.29, 0.717) is 38.9 Å². The maximum atomic E-state index is 14.2. The predicted molar refractivity (Wildman–Crippen MR) is 217 cm³/mol. The van der Waals surface area contributed by atoms with Crippen LogP contribution in [0.1, 0.15) is 93.6 Å². The lowest BCUT2D eigenvalue weighted by Crippen LogP contribution is -2.47. The Balaban J connectivity index is 1.54. The average molecular weight is 856 g/mol. The highest BCUT2D eigenvalue weighted by Crippen LogP contribution is 2.44. The Labute approximate surface area is 343 Å². The first-order valence-corrected chi connectivity index (χ1v) is 18.9. The van der Waals surface area contributed by atoms with E-state index in [-0.39, 0.29) is 67.3 Å². The zero-order chi connectivity index (χ0) is 43.1. The van der Waals surface area contributed by atoms with Gasteiger partial charge in [0.15, 0.2) is 11.5 Å². The van der Waals surface area contributed by atoms with Crippen LogP contribution in [0.4, 0.5) is 0 Å². The maximum Gasteiger partial charge on any atom is 0.356 e. The first-order valence-electron chi connectivity index (χ1n) is 18.1. The predicted octanol–water partition coefficient (Wildman–Crippen LogP) is 8.05. The highest BCUT2D eigenvalue weighted by atomic mass is 79.9. The minimum Gasteiger partial charge on any atom is -0.506 e. The van der Waals surface area contributed by atoms with Crippen LogP contribution in [0.2, 0.25) is 0 Å². The van der Waals surface area contributed by atoms with E-state index in [1.165, 1.54) is 27.0 Å². The molecule has 1 atom stereocenters. The summed E-state index contributed by atoms with van der Waals surface area (Å²) >= 11 is 3.24. The lowest BCUT2D eigenvalue weighted by atomic mass is 9.87. The SMILES string of the molecule is COC1=CC(=O)C=C(C)[C@]1(O)C(=O)Oc1c(C)c(C)c(C(=O)Oc2cc(C)c(C(=O)Oc3c(C)c(C)c(C(=O)O)c(C)c3C)c(Cc3ccccc3)c2C)c(O)c1Br. The van der Waals surface area contributed by atoms with Gasteiger partial charge in [0.2, 0.25) is 5.60 Å². The third kappa shape index (κ3) is 7.54. The van der Waals surface area contributed by atoms with Crippen molar-refractivity contribution < 1.29 is 58.2 Å². The molecule has 0 heterocycles. The first-order chi connectivity index (χ1) is 27.2. The number of halogens is 1. The molecule has 0 fully saturated rings. The summed E-state index contributed by atoms with van der Waals surface area (Å²) in [4.78, 5) is 65.8. The number of carboxylic acids is 1. The fourth-order valence-corrected chi connectivity index (χ4v) is 7.70. The number of hydrogen-bond acceptors (Lipinski definition) is 11. The van der Waals surface area contributed by atoms with Gasteiger partial charge >= 0.3 is 23.9 Å². The molecule has 302 valence electrons. The summed E-state index contributed by atoms with van der Waals surface area (Å²) in [6, 6.07) is 10.9. The molecule has 4 aromatic rings. The molecule has 0 bridgehead atoms. The van der Waals surface area contributed by atoms with Crippen molar-refractivity contribution in [1.82, 2.24) is 0 Å². The molecule has 1 aliphatic rings. The van der Waals surface area contributed by atoms with E-state index in [0.717, 1.165) is 17.7 Å². The molecule has 0 radical (unpaired) electrons. The number of rotatable bonds is 10. The van der Waals surface area contributed by atoms with E-state index >= 15 is 0 Å². The Morgan fingerprint density at radius 3 is 1.83 bits per heavy atom. The highest BCUT2D eigenvalue weighted by Gasteiger charge is 2.48. The molecule has 0 saturated heterocycles. The highest BCUT2D eigenvalue weighted by molar-refractivity contribution is 9.10. The van der Waals surface area contributed by atoms with Gasteiger partial charge in [0.05, 0.1) is 18.2 Å². The van der Waals surface area contributed by atoms with Gasteiger partial charge in [-0.25, -0.2) is 19.2 Å². The number of aliphatic hydroxyl groups is 1. The molecule has 12 nitrogen and oxygen atoms in total. The maximum absolute atomic E-state index is 14.2. The second kappa shape index (κ2) is 16.4. The number of aryl methyl sites for hydroxylation is 1. The third-order valence-corrected chi connectivity index (χ3v) is 11.6. The number of ketones is 1. The largest absolute Gasteiger partial charge is 0.506 e. The van der Waals surface area contributed by atoms with E-state index < -0.39 is 41.0 Å². The minimum absolute atomic E-state index is 0.0434. The molecule has 0 saturated carbocycles. The van der Waals surface area contributed by atoms with Crippen molar-refractivity contribution in [2.75, 3.05) is 7.11 Å². The summed E-state index contributed by atoms with van der Waals surface area (Å²) in [7, 11) is 1.19. The Morgan fingerprint density at radius 2 is 1.26 bits per heavy atom. The number of carbonyl (C=O) groups is 5. The van der Waals surface area contributed by atoms with Crippen molar-refractivity contribution in [3.8, 4) is 23.0 Å². The van der Waals surface area contributed by atoms with E-state index in [4.69, 9.17) is 18.9 Å². The first kappa shape index (κ1) is 43.1. The summed E-state index contributed by atoms with van der Waals surface area (Å²) in [6.45, 7) is 14.5. The number of esters is 3. The van der Waals surface area contributed by atoms with Gasteiger partial charge in [-0.05, 0) is 158 Å². The van der Waals surface area contributed by atoms with Crippen LogP contribution >= 0.6 is 15.9 Å². The van der Waals surface area contributed by atoms with Crippen molar-refractivity contribution in [1.29, 1.82) is 0 Å². The van der Waals surface area contributed by atoms with E-state index in [2.05, 4.69) is 15.9 Å². The van der Waals surface area contributed by atoms with Crippen LogP contribution in [0.3, 0.4) is 0 Å². The smallest absolute Gasteiger partial charge is 0.356 e. The van der Waals surface area contributed by atoms with E-state index in [9.17, 15) is 39.3 Å². The molecule has 58 heavy (non-hydrogen) atoms. The molecule has 0 amide bonds. The van der Waals surface area contributed by atoms with E-state index in [1.807, 2.05) is 30.3 Å². The van der Waals surface area contributed by atoms with Crippen molar-refractivity contribution in [3.05, 3.63) is 137 Å². The fraction of sp³-hybridized carbons (Fsp3) is 0.267. The number of carboxylic acid groups (broad SMARTS) is 1. The van der Waals surface area contributed by atoms with Gasteiger partial charge in [-0.3, -0.25) is 4.79 Å². The van der Waals surface area contributed by atoms with Gasteiger partial charge in [0, 0.05) is 6.08 Å². The van der Waals surface area contributed by atoms with Crippen LogP contribution in [-0.2, 0) is 20.7 Å². The number of ether oxygens (including phenoxy) is 4. The molecule has 0 spiro atoms. The van der Waals surface area contributed by atoms with Crippen LogP contribution in [0.15, 0.2) is 64.4 Å². The summed E-state index contributed by atoms with van der Waals surface area (Å²) in [5.41, 5.74) is 2.32. The number of phenolic OH excluding ortho intramolecular Hbond substituents is 1. The fourth-order valence-electron chi connectivity index (χ4n) is 7.12. The Morgan fingerprint density at radius 1 is 0.707 bits per heavy atom. The lowest BCUT2D eigenvalue weighted by Gasteiger charge is -2.30. The molecule has 13 heteroatoms. The second-order valence-electron chi connectivity index (χ2n) is 14.3. The summed E-state index contributed by atoms with van der Waals surface area (Å²) in [5.74, 6) is -5.22. The van der Waals surface area contributed by atoms with Crippen LogP contribution in [0.25, 0.3) is 0 Å². The number of hydrogen-bond donors (Lipinski definition) is 3. The summed E-state index contributed by atoms with van der Waals surface area (Å²) < 4.78 is 22.6. The van der Waals surface area contributed by atoms with Gasteiger partial charge in [0.1, 0.15) is 33.0 Å². The lowest BCUT2D eigenvalue weighted by molar-refractivity contribution is -0.151. The van der Waals surface area contributed by atoms with Crippen molar-refractivity contribution in [2.45, 2.75) is 74.3 Å². The Kier molecular flexibility index (Phi) is 12.2. The molecule has 5 rings (SSSR count). The van der Waals surface area contributed by atoms with Gasteiger partial charge in [0.25, 0.3) is 0 Å². The number of benzene rings is 4. The minimum atomic E-state index is -2.44. The Hall–Kier alpha value is -6.05. The van der Waals surface area contributed by atoms with Crippen molar-refractivity contribution in [2.24, 2.45) is 0 Å². The monoisotopic (exact) mass is 854 g/mol. The third-order valence-electron chi connectivity index (χ3n) is 10.9. The van der Waals surface area contributed by atoms with Crippen LogP contribution in [0, 0.1) is 55.4 Å². The normalized spacial score (nSPS) is 15.0. The van der Waals surface area contributed by atoms with E-state index in [1.54, 1.807) is 48.5 Å². The number of aromatic carboxylic acids is 1. The zero-order valence-electron chi connectivity index (χ0n) is 33.7. The van der Waals surface area contributed by atoms with Gasteiger partial charge in [-0.1, -0.05) is 30.3 Å². The van der Waals surface area contributed by atoms with Gasteiger partial charge in [-0.2, -0.15) is 0 Å². The quantitative estimate of drug-likeness (QED) is 0.103. The molecule has 4 aromatic carbocycles. The number of phenols is 1. The number of carbonyl (C=O) groups excluding carboxylic acids is 4. The number of aromatic hydroxyl groups is 1. The van der Waals surface area contributed by atoms with Crippen LogP contribution in [-0.4, -0.2) is 57.7 Å². The molecule has 0 aliphatic heterocycles. The van der Waals surface area contributed by atoms with Crippen LogP contribution < -0.4 is 14.2 Å². The average Bonchev–Trinajstić information content (AvgIpc) is 3.17.